The van der Waals surface area contributed by atoms with Crippen molar-refractivity contribution in [2.45, 2.75) is 50.9 Å². The molecule has 4 aliphatic rings. The number of anilines is 5. The van der Waals surface area contributed by atoms with Gasteiger partial charge in [0.1, 0.15) is 11.2 Å². The minimum Gasteiger partial charge on any atom is -0.456 e. The summed E-state index contributed by atoms with van der Waals surface area (Å²) in [6.07, 6.45) is 3.42. The van der Waals surface area contributed by atoms with E-state index in [4.69, 9.17) is 4.42 Å². The molecule has 0 fully saturated rings. The van der Waals surface area contributed by atoms with E-state index in [9.17, 15) is 0 Å². The van der Waals surface area contributed by atoms with Crippen LogP contribution in [0.3, 0.4) is 0 Å². The first-order valence-electron chi connectivity index (χ1n) is 23.8. The minimum atomic E-state index is -0.607. The van der Waals surface area contributed by atoms with Gasteiger partial charge in [0.15, 0.2) is 0 Å². The molecule has 10 aromatic rings. The van der Waals surface area contributed by atoms with Gasteiger partial charge in [0.2, 0.25) is 0 Å². The van der Waals surface area contributed by atoms with Gasteiger partial charge in [0, 0.05) is 39.1 Å². The van der Waals surface area contributed by atoms with Gasteiger partial charge in [0.25, 0.3) is 0 Å². The topological polar surface area (TPSA) is 19.6 Å². The first-order chi connectivity index (χ1) is 32.5. The molecule has 0 bridgehead atoms. The number of nitrogens with zero attached hydrogens (tertiary/aromatic N) is 2. The van der Waals surface area contributed by atoms with Crippen molar-refractivity contribution in [3.8, 4) is 22.3 Å². The van der Waals surface area contributed by atoms with E-state index in [1.54, 1.807) is 0 Å². The summed E-state index contributed by atoms with van der Waals surface area (Å²) in [5, 5.41) is 2.30. The average molecular weight is 847 g/mol. The van der Waals surface area contributed by atoms with Crippen molar-refractivity contribution in [3.05, 3.63) is 233 Å². The van der Waals surface area contributed by atoms with Crippen molar-refractivity contribution < 1.29 is 4.42 Å². The van der Waals surface area contributed by atoms with Crippen molar-refractivity contribution in [1.82, 2.24) is 0 Å². The number of hydrogen-bond acceptors (Lipinski definition) is 3. The number of unbranched alkanes of at least 4 members (excludes halogenated alkanes) is 1. The Hall–Kier alpha value is -7.56. The normalized spacial score (nSPS) is 15.2. The maximum atomic E-state index is 6.77. The second kappa shape index (κ2) is 13.7. The van der Waals surface area contributed by atoms with Gasteiger partial charge in [-0.15, -0.1) is 0 Å². The number of aryl methyl sites for hydroxylation is 1. The molecule has 1 aliphatic carbocycles. The van der Waals surface area contributed by atoms with Crippen molar-refractivity contribution in [2.24, 2.45) is 0 Å². The van der Waals surface area contributed by atoms with E-state index < -0.39 is 5.41 Å². The Morgan fingerprint density at radius 1 is 0.530 bits per heavy atom. The highest BCUT2D eigenvalue weighted by Crippen LogP contribution is 2.63. The van der Waals surface area contributed by atoms with E-state index >= 15 is 0 Å². The van der Waals surface area contributed by atoms with Gasteiger partial charge in [-0.25, -0.2) is 0 Å². The Balaban J connectivity index is 1.19. The molecule has 0 spiro atoms. The largest absolute Gasteiger partial charge is 0.456 e. The summed E-state index contributed by atoms with van der Waals surface area (Å²) in [5.41, 5.74) is 24.2. The van der Waals surface area contributed by atoms with Gasteiger partial charge in [-0.1, -0.05) is 179 Å². The van der Waals surface area contributed by atoms with Crippen molar-refractivity contribution in [1.29, 1.82) is 0 Å². The third-order valence-electron chi connectivity index (χ3n) is 15.6. The SMILES string of the molecule is CCCCc1ccc(N2B3c4cccc5c4N(c4ccccc4C5(c4ccccc4)c4ccccc4)c4c3c(cc3c4C(C)(C)c4ccccc4-3)-c3ccc4oc5ccccc5c4c32)cc1. The second-order valence-electron chi connectivity index (χ2n) is 19.3. The molecular weight excluding hydrogens is 800 g/mol. The van der Waals surface area contributed by atoms with Crippen LogP contribution in [0, 0.1) is 0 Å². The van der Waals surface area contributed by atoms with Gasteiger partial charge < -0.3 is 14.1 Å². The van der Waals surface area contributed by atoms with Crippen LogP contribution in [0.1, 0.15) is 72.6 Å². The molecule has 0 radical (unpaired) electrons. The van der Waals surface area contributed by atoms with E-state index in [1.807, 2.05) is 0 Å². The van der Waals surface area contributed by atoms with Crippen LogP contribution in [0.4, 0.5) is 28.4 Å². The Bertz CT molecular complexity index is 3590. The molecule has 4 heterocycles. The lowest BCUT2D eigenvalue weighted by Crippen LogP contribution is -2.63. The molecule has 314 valence electrons. The Morgan fingerprint density at radius 3 is 1.98 bits per heavy atom. The fourth-order valence-corrected chi connectivity index (χ4v) is 12.9. The van der Waals surface area contributed by atoms with Crippen LogP contribution in [0.15, 0.2) is 199 Å². The fraction of sp³-hybridized carbons (Fsp3) is 0.129. The molecule has 0 saturated heterocycles. The fourth-order valence-electron chi connectivity index (χ4n) is 12.9. The highest BCUT2D eigenvalue weighted by molar-refractivity contribution is 6.94. The smallest absolute Gasteiger partial charge is 0.333 e. The summed E-state index contributed by atoms with van der Waals surface area (Å²) in [6, 6.07) is 73.4. The van der Waals surface area contributed by atoms with Gasteiger partial charge >= 0.3 is 6.85 Å². The van der Waals surface area contributed by atoms with E-state index in [2.05, 4.69) is 225 Å². The number of hydrogen-bond donors (Lipinski definition) is 0. The number of furan rings is 1. The van der Waals surface area contributed by atoms with E-state index in [0.29, 0.717) is 0 Å². The maximum Gasteiger partial charge on any atom is 0.333 e. The molecule has 4 heteroatoms. The molecule has 1 aromatic heterocycles. The zero-order chi connectivity index (χ0) is 43.9. The highest BCUT2D eigenvalue weighted by Gasteiger charge is 2.55. The molecule has 66 heavy (non-hydrogen) atoms. The highest BCUT2D eigenvalue weighted by atomic mass is 16.3. The lowest BCUT2D eigenvalue weighted by molar-refractivity contribution is 0.660. The Morgan fingerprint density at radius 2 is 1.21 bits per heavy atom. The molecule has 0 N–H and O–H groups in total. The standard InChI is InChI=1S/C62H47BN2O/c1-4-5-19-39-32-34-42(35-33-39)65-58-44(36-37-54-55(58)45-25-13-17-31-53(45)66-54)47-38-46-43-24-12-14-26-48(43)61(2,3)56(46)60-57(47)63(65)51-29-18-28-50-59(51)64(60)52-30-16-15-27-49(52)62(50,40-20-8-6-9-21-40)41-22-10-7-11-23-41/h6-18,20-38H,4-5,19H2,1-3H3. The quantitative estimate of drug-likeness (QED) is 0.155. The van der Waals surface area contributed by atoms with Crippen molar-refractivity contribution in [2.75, 3.05) is 9.71 Å². The number of fused-ring (bicyclic) bond motifs is 14. The summed E-state index contributed by atoms with van der Waals surface area (Å²) in [5.74, 6) is 0. The summed E-state index contributed by atoms with van der Waals surface area (Å²) in [7, 11) is 0. The van der Waals surface area contributed by atoms with Crippen LogP contribution >= 0.6 is 0 Å². The van der Waals surface area contributed by atoms with Crippen LogP contribution in [0.5, 0.6) is 0 Å². The molecule has 3 aliphatic heterocycles. The van der Waals surface area contributed by atoms with Crippen LogP contribution in [-0.4, -0.2) is 6.85 Å². The zero-order valence-electron chi connectivity index (χ0n) is 37.5. The molecule has 3 nitrogen and oxygen atoms in total. The zero-order valence-corrected chi connectivity index (χ0v) is 37.5. The molecule has 0 unspecified atom stereocenters. The molecule has 0 saturated carbocycles. The molecule has 0 amide bonds. The lowest BCUT2D eigenvalue weighted by atomic mass is 9.41. The Kier molecular flexibility index (Phi) is 7.86. The van der Waals surface area contributed by atoms with Gasteiger partial charge in [-0.05, 0) is 122 Å². The third kappa shape index (κ3) is 4.78. The molecule has 14 rings (SSSR count). The predicted octanol–water partition coefficient (Wildman–Crippen LogP) is 14.6. The third-order valence-corrected chi connectivity index (χ3v) is 15.6. The summed E-state index contributed by atoms with van der Waals surface area (Å²) < 4.78 is 6.77. The monoisotopic (exact) mass is 846 g/mol. The molecule has 0 atom stereocenters. The van der Waals surface area contributed by atoms with Gasteiger partial charge in [0.05, 0.1) is 16.5 Å². The maximum absolute atomic E-state index is 6.77. The molecule has 9 aromatic carbocycles. The number of rotatable bonds is 6. The lowest BCUT2D eigenvalue weighted by Gasteiger charge is -2.53. The van der Waals surface area contributed by atoms with Crippen LogP contribution in [0.2, 0.25) is 0 Å². The van der Waals surface area contributed by atoms with Gasteiger partial charge in [-0.3, -0.25) is 0 Å². The van der Waals surface area contributed by atoms with E-state index in [1.165, 1.54) is 113 Å². The van der Waals surface area contributed by atoms with Gasteiger partial charge in [-0.2, -0.15) is 0 Å². The van der Waals surface area contributed by atoms with Crippen molar-refractivity contribution in [3.63, 3.8) is 0 Å². The average Bonchev–Trinajstić information content (AvgIpc) is 3.86. The number of benzene rings is 9. The first-order valence-corrected chi connectivity index (χ1v) is 23.8. The van der Waals surface area contributed by atoms with Crippen LogP contribution < -0.4 is 20.6 Å². The van der Waals surface area contributed by atoms with Crippen LogP contribution in [0.25, 0.3) is 44.2 Å². The van der Waals surface area contributed by atoms with Crippen molar-refractivity contribution >= 4 is 68.1 Å². The number of para-hydroxylation sites is 3. The first kappa shape index (κ1) is 37.8. The summed E-state index contributed by atoms with van der Waals surface area (Å²) >= 11 is 0. The Labute approximate surface area is 386 Å². The van der Waals surface area contributed by atoms with Crippen LogP contribution in [-0.2, 0) is 17.3 Å². The van der Waals surface area contributed by atoms with E-state index in [0.717, 1.165) is 28.4 Å². The summed E-state index contributed by atoms with van der Waals surface area (Å²) in [4.78, 5) is 5.42. The molecular formula is C62H47BN2O. The minimum absolute atomic E-state index is 0.172. The second-order valence-corrected chi connectivity index (χ2v) is 19.3. The van der Waals surface area contributed by atoms with E-state index in [-0.39, 0.29) is 12.3 Å². The predicted molar refractivity (Wildman–Crippen MR) is 275 cm³/mol. The summed E-state index contributed by atoms with van der Waals surface area (Å²) in [6.45, 7) is 7.01.